The number of aliphatic hydroxyl groups is 1. The van der Waals surface area contributed by atoms with Crippen LogP contribution < -0.4 is 5.32 Å². The van der Waals surface area contributed by atoms with Crippen LogP contribution in [0.2, 0.25) is 0 Å². The van der Waals surface area contributed by atoms with Gasteiger partial charge < -0.3 is 29.4 Å². The molecule has 0 radical (unpaired) electrons. The number of carbonyl (C=O) groups excluding carboxylic acids is 3. The number of rotatable bonds is 12. The average Bonchev–Trinajstić information content (AvgIpc) is 3.07. The van der Waals surface area contributed by atoms with Gasteiger partial charge in [-0.15, -0.1) is 0 Å². The molecule has 0 saturated heterocycles. The minimum Gasteiger partial charge on any atom is -0.468 e. The zero-order chi connectivity index (χ0) is 17.8. The van der Waals surface area contributed by atoms with Crippen LogP contribution in [-0.2, 0) is 20.9 Å². The van der Waals surface area contributed by atoms with E-state index in [4.69, 9.17) is 9.52 Å². The van der Waals surface area contributed by atoms with Gasteiger partial charge in [-0.2, -0.15) is 0 Å². The Morgan fingerprint density at radius 1 is 1.29 bits per heavy atom. The quantitative estimate of drug-likeness (QED) is 0.504. The predicted octanol–water partition coefficient (Wildman–Crippen LogP) is -0.372. The van der Waals surface area contributed by atoms with Gasteiger partial charge in [0.05, 0.1) is 39.0 Å². The summed E-state index contributed by atoms with van der Waals surface area (Å²) < 4.78 is 5.15. The molecule has 0 aromatic carbocycles. The van der Waals surface area contributed by atoms with Crippen molar-refractivity contribution >= 4 is 18.1 Å². The summed E-state index contributed by atoms with van der Waals surface area (Å²) in [5.41, 5.74) is 0. The first-order chi connectivity index (χ1) is 11.6. The highest BCUT2D eigenvalue weighted by molar-refractivity contribution is 5.86. The molecule has 0 saturated carbocycles. The van der Waals surface area contributed by atoms with E-state index in [1.807, 2.05) is 6.92 Å². The Hall–Kier alpha value is -2.19. The molecule has 1 aromatic rings. The van der Waals surface area contributed by atoms with Crippen molar-refractivity contribution < 1.29 is 23.9 Å². The number of amides is 2. The molecule has 134 valence electrons. The van der Waals surface area contributed by atoms with Crippen LogP contribution in [0.1, 0.15) is 19.1 Å². The standard InChI is InChI=1S/C16H25N3O5/c1-2-5-18(6-8-20)16(23)13-19(7-9-21)15(22)12-17-11-14-4-3-10-24-14/h3-4,8,10,17,21H,2,5-7,9,11-13H2,1H3. The normalized spacial score (nSPS) is 10.4. The van der Waals surface area contributed by atoms with Crippen molar-refractivity contribution in [3.63, 3.8) is 0 Å². The van der Waals surface area contributed by atoms with Gasteiger partial charge in [0.15, 0.2) is 0 Å². The van der Waals surface area contributed by atoms with Crippen molar-refractivity contribution in [3.8, 4) is 0 Å². The zero-order valence-electron chi connectivity index (χ0n) is 13.9. The molecular weight excluding hydrogens is 314 g/mol. The Kier molecular flexibility index (Phi) is 9.40. The van der Waals surface area contributed by atoms with E-state index in [0.29, 0.717) is 25.1 Å². The van der Waals surface area contributed by atoms with Crippen molar-refractivity contribution in [2.45, 2.75) is 19.9 Å². The molecule has 0 fully saturated rings. The second kappa shape index (κ2) is 11.4. The number of aldehydes is 1. The Morgan fingerprint density at radius 2 is 2.08 bits per heavy atom. The lowest BCUT2D eigenvalue weighted by Gasteiger charge is -2.26. The Balaban J connectivity index is 2.52. The van der Waals surface area contributed by atoms with E-state index >= 15 is 0 Å². The van der Waals surface area contributed by atoms with Crippen molar-refractivity contribution in [1.29, 1.82) is 0 Å². The van der Waals surface area contributed by atoms with Crippen LogP contribution in [0, 0.1) is 0 Å². The van der Waals surface area contributed by atoms with Crippen LogP contribution >= 0.6 is 0 Å². The summed E-state index contributed by atoms with van der Waals surface area (Å²) in [4.78, 5) is 37.8. The van der Waals surface area contributed by atoms with Crippen LogP contribution in [-0.4, -0.2) is 72.3 Å². The third-order valence-electron chi connectivity index (χ3n) is 3.35. The van der Waals surface area contributed by atoms with Gasteiger partial charge in [0.2, 0.25) is 11.8 Å². The van der Waals surface area contributed by atoms with Crippen molar-refractivity contribution in [2.75, 3.05) is 39.3 Å². The van der Waals surface area contributed by atoms with E-state index < -0.39 is 0 Å². The highest BCUT2D eigenvalue weighted by Gasteiger charge is 2.20. The van der Waals surface area contributed by atoms with E-state index in [1.165, 1.54) is 9.80 Å². The monoisotopic (exact) mass is 339 g/mol. The lowest BCUT2D eigenvalue weighted by Crippen LogP contribution is -2.47. The molecule has 0 aliphatic carbocycles. The van der Waals surface area contributed by atoms with E-state index in [1.54, 1.807) is 18.4 Å². The second-order valence-electron chi connectivity index (χ2n) is 5.23. The molecule has 0 atom stereocenters. The van der Waals surface area contributed by atoms with E-state index in [-0.39, 0.29) is 44.6 Å². The molecule has 0 aliphatic heterocycles. The fourth-order valence-corrected chi connectivity index (χ4v) is 2.17. The number of aliphatic hydroxyl groups excluding tert-OH is 1. The number of nitrogens with zero attached hydrogens (tertiary/aromatic N) is 2. The molecule has 8 heteroatoms. The maximum absolute atomic E-state index is 12.2. The molecule has 2 N–H and O–H groups in total. The predicted molar refractivity (Wildman–Crippen MR) is 87.0 cm³/mol. The van der Waals surface area contributed by atoms with Crippen LogP contribution in [0.15, 0.2) is 22.8 Å². The first-order valence-corrected chi connectivity index (χ1v) is 7.95. The minimum absolute atomic E-state index is 0.00454. The molecule has 1 aromatic heterocycles. The molecule has 8 nitrogen and oxygen atoms in total. The van der Waals surface area contributed by atoms with Gasteiger partial charge >= 0.3 is 0 Å². The van der Waals surface area contributed by atoms with Crippen LogP contribution in [0.3, 0.4) is 0 Å². The molecular formula is C16H25N3O5. The highest BCUT2D eigenvalue weighted by atomic mass is 16.3. The van der Waals surface area contributed by atoms with Crippen LogP contribution in [0.25, 0.3) is 0 Å². The van der Waals surface area contributed by atoms with Gasteiger partial charge in [-0.1, -0.05) is 6.92 Å². The first-order valence-electron chi connectivity index (χ1n) is 7.95. The molecule has 1 rings (SSSR count). The highest BCUT2D eigenvalue weighted by Crippen LogP contribution is 2.00. The summed E-state index contributed by atoms with van der Waals surface area (Å²) in [6.07, 6.45) is 2.93. The molecule has 0 unspecified atom stereocenters. The molecule has 2 amide bonds. The Morgan fingerprint density at radius 3 is 2.67 bits per heavy atom. The van der Waals surface area contributed by atoms with Gasteiger partial charge in [-0.3, -0.25) is 9.59 Å². The number of nitrogens with one attached hydrogen (secondary N) is 1. The number of hydrogen-bond acceptors (Lipinski definition) is 6. The van der Waals surface area contributed by atoms with Gasteiger partial charge in [-0.05, 0) is 18.6 Å². The summed E-state index contributed by atoms with van der Waals surface area (Å²) in [5.74, 6) is 0.0935. The Labute approximate surface area is 141 Å². The summed E-state index contributed by atoms with van der Waals surface area (Å²) in [6, 6.07) is 3.54. The Bertz CT molecular complexity index is 504. The lowest BCUT2D eigenvalue weighted by atomic mass is 10.3. The van der Waals surface area contributed by atoms with Crippen molar-refractivity contribution in [3.05, 3.63) is 24.2 Å². The van der Waals surface area contributed by atoms with E-state index in [2.05, 4.69) is 5.32 Å². The SMILES string of the molecule is CCCN(CC=O)C(=O)CN(CCO)C(=O)CNCc1ccco1. The number of hydrogen-bond donors (Lipinski definition) is 2. The largest absolute Gasteiger partial charge is 0.468 e. The van der Waals surface area contributed by atoms with Crippen LogP contribution in [0.5, 0.6) is 0 Å². The molecule has 0 bridgehead atoms. The minimum atomic E-state index is -0.309. The molecule has 24 heavy (non-hydrogen) atoms. The summed E-state index contributed by atoms with van der Waals surface area (Å²) in [5, 5.41) is 12.0. The smallest absolute Gasteiger partial charge is 0.242 e. The summed E-state index contributed by atoms with van der Waals surface area (Å²) in [6.45, 7) is 2.45. The van der Waals surface area contributed by atoms with Gasteiger partial charge in [0, 0.05) is 13.1 Å². The third kappa shape index (κ3) is 6.93. The fraction of sp³-hybridized carbons (Fsp3) is 0.562. The van der Waals surface area contributed by atoms with Gasteiger partial charge in [0.1, 0.15) is 12.0 Å². The number of carbonyl (C=O) groups is 3. The maximum atomic E-state index is 12.2. The molecule has 1 heterocycles. The second-order valence-corrected chi connectivity index (χ2v) is 5.23. The van der Waals surface area contributed by atoms with E-state index in [9.17, 15) is 14.4 Å². The van der Waals surface area contributed by atoms with Crippen LogP contribution in [0.4, 0.5) is 0 Å². The topological polar surface area (TPSA) is 103 Å². The van der Waals surface area contributed by atoms with E-state index in [0.717, 1.165) is 6.42 Å². The lowest BCUT2D eigenvalue weighted by molar-refractivity contribution is -0.141. The summed E-state index contributed by atoms with van der Waals surface area (Å²) >= 11 is 0. The third-order valence-corrected chi connectivity index (χ3v) is 3.35. The number of furan rings is 1. The van der Waals surface area contributed by atoms with Gasteiger partial charge in [0.25, 0.3) is 0 Å². The molecule has 0 spiro atoms. The molecule has 0 aliphatic rings. The van der Waals surface area contributed by atoms with Crippen molar-refractivity contribution in [2.24, 2.45) is 0 Å². The fourth-order valence-electron chi connectivity index (χ4n) is 2.17. The maximum Gasteiger partial charge on any atom is 0.242 e. The van der Waals surface area contributed by atoms with Crippen molar-refractivity contribution in [1.82, 2.24) is 15.1 Å². The zero-order valence-corrected chi connectivity index (χ0v) is 13.9. The van der Waals surface area contributed by atoms with Gasteiger partial charge in [-0.25, -0.2) is 0 Å². The first kappa shape index (κ1) is 19.9. The average molecular weight is 339 g/mol. The summed E-state index contributed by atoms with van der Waals surface area (Å²) in [7, 11) is 0.